The Morgan fingerprint density at radius 1 is 0.724 bits per heavy atom. The van der Waals surface area contributed by atoms with Gasteiger partial charge in [0.1, 0.15) is 6.61 Å². The summed E-state index contributed by atoms with van der Waals surface area (Å²) in [6.45, 7) is 8.23. The maximum atomic E-state index is 13.7. The second-order valence-electron chi connectivity index (χ2n) is 7.48. The zero-order valence-corrected chi connectivity index (χ0v) is 17.8. The van der Waals surface area contributed by atoms with Crippen LogP contribution in [0.1, 0.15) is 38.9 Å². The van der Waals surface area contributed by atoms with Crippen LogP contribution in [0.5, 0.6) is 0 Å². The summed E-state index contributed by atoms with van der Waals surface area (Å²) in [5.41, 5.74) is 5.26. The lowest BCUT2D eigenvalue weighted by molar-refractivity contribution is -0.167. The normalized spacial score (nSPS) is 11.3. The van der Waals surface area contributed by atoms with Crippen LogP contribution in [0.25, 0.3) is 0 Å². The van der Waals surface area contributed by atoms with E-state index >= 15 is 0 Å². The van der Waals surface area contributed by atoms with E-state index in [1.165, 1.54) is 0 Å². The minimum absolute atomic E-state index is 0.195. The quantitative estimate of drug-likeness (QED) is 0.519. The molecule has 0 heterocycles. The number of hydrogen-bond acceptors (Lipinski definition) is 3. The van der Waals surface area contributed by atoms with Crippen molar-refractivity contribution in [1.29, 1.82) is 0 Å². The molecule has 0 saturated carbocycles. The summed E-state index contributed by atoms with van der Waals surface area (Å²) in [6, 6.07) is 21.7. The second kappa shape index (κ2) is 8.62. The number of aryl methyl sites for hydroxylation is 4. The van der Waals surface area contributed by atoms with Crippen molar-refractivity contribution >= 4 is 5.97 Å². The first kappa shape index (κ1) is 20.8. The molecule has 0 N–H and O–H groups in total. The van der Waals surface area contributed by atoms with Gasteiger partial charge in [0.05, 0.1) is 0 Å². The average Bonchev–Trinajstić information content (AvgIpc) is 2.71. The summed E-state index contributed by atoms with van der Waals surface area (Å²) in [7, 11) is 1.58. The van der Waals surface area contributed by atoms with Crippen molar-refractivity contribution in [3.05, 3.63) is 106 Å². The van der Waals surface area contributed by atoms with Gasteiger partial charge in [-0.05, 0) is 55.5 Å². The Kier molecular flexibility index (Phi) is 6.19. The highest BCUT2D eigenvalue weighted by atomic mass is 16.6. The zero-order chi connectivity index (χ0) is 21.0. The summed E-state index contributed by atoms with van der Waals surface area (Å²) >= 11 is 0. The molecule has 3 nitrogen and oxygen atoms in total. The van der Waals surface area contributed by atoms with Crippen LogP contribution in [-0.2, 0) is 26.5 Å². The Labute approximate surface area is 173 Å². The first-order valence-corrected chi connectivity index (χ1v) is 9.81. The van der Waals surface area contributed by atoms with Gasteiger partial charge in [0, 0.05) is 18.2 Å². The molecule has 3 aromatic rings. The first-order chi connectivity index (χ1) is 13.9. The molecule has 0 amide bonds. The number of carbonyl (C=O) groups excluding carboxylic acids is 1. The van der Waals surface area contributed by atoms with Gasteiger partial charge in [0.15, 0.2) is 0 Å². The summed E-state index contributed by atoms with van der Waals surface area (Å²) in [5, 5.41) is 0. The van der Waals surface area contributed by atoms with E-state index in [1.54, 1.807) is 7.11 Å². The highest BCUT2D eigenvalue weighted by Gasteiger charge is 2.47. The predicted molar refractivity (Wildman–Crippen MR) is 116 cm³/mol. The predicted octanol–water partition coefficient (Wildman–Crippen LogP) is 5.55. The largest absolute Gasteiger partial charge is 0.458 e. The molecule has 3 heteroatoms. The van der Waals surface area contributed by atoms with Gasteiger partial charge in [0.2, 0.25) is 5.60 Å². The minimum Gasteiger partial charge on any atom is -0.458 e. The third kappa shape index (κ3) is 3.83. The summed E-state index contributed by atoms with van der Waals surface area (Å²) < 4.78 is 12.0. The number of methoxy groups -OCH3 is 1. The van der Waals surface area contributed by atoms with E-state index in [4.69, 9.17) is 9.47 Å². The monoisotopic (exact) mass is 388 g/mol. The number of esters is 1. The van der Waals surface area contributed by atoms with E-state index in [9.17, 15) is 4.79 Å². The van der Waals surface area contributed by atoms with Crippen molar-refractivity contribution in [2.45, 2.75) is 39.9 Å². The maximum Gasteiger partial charge on any atom is 0.348 e. The Balaban J connectivity index is 2.19. The van der Waals surface area contributed by atoms with Gasteiger partial charge < -0.3 is 9.47 Å². The molecule has 0 saturated heterocycles. The van der Waals surface area contributed by atoms with Crippen LogP contribution in [0.4, 0.5) is 0 Å². The molecule has 3 rings (SSSR count). The van der Waals surface area contributed by atoms with E-state index in [0.717, 1.165) is 38.9 Å². The van der Waals surface area contributed by atoms with E-state index in [-0.39, 0.29) is 6.61 Å². The number of benzene rings is 3. The highest BCUT2D eigenvalue weighted by Crippen LogP contribution is 2.41. The van der Waals surface area contributed by atoms with Crippen LogP contribution in [-0.4, -0.2) is 13.1 Å². The summed E-state index contributed by atoms with van der Waals surface area (Å²) in [6.07, 6.45) is 0. The molecule has 0 aliphatic rings. The van der Waals surface area contributed by atoms with Crippen molar-refractivity contribution in [1.82, 2.24) is 0 Å². The lowest BCUT2D eigenvalue weighted by atomic mass is 9.77. The van der Waals surface area contributed by atoms with Crippen molar-refractivity contribution in [3.8, 4) is 0 Å². The third-order valence-electron chi connectivity index (χ3n) is 5.47. The second-order valence-corrected chi connectivity index (χ2v) is 7.48. The third-order valence-corrected chi connectivity index (χ3v) is 5.47. The molecule has 0 unspecified atom stereocenters. The molecule has 0 aromatic heterocycles. The number of carbonyl (C=O) groups is 1. The first-order valence-electron chi connectivity index (χ1n) is 9.81. The van der Waals surface area contributed by atoms with Crippen molar-refractivity contribution in [2.24, 2.45) is 0 Å². The van der Waals surface area contributed by atoms with E-state index < -0.39 is 11.6 Å². The maximum absolute atomic E-state index is 13.7. The molecule has 0 bridgehead atoms. The van der Waals surface area contributed by atoms with Crippen LogP contribution in [0.15, 0.2) is 66.7 Å². The Morgan fingerprint density at radius 2 is 1.17 bits per heavy atom. The van der Waals surface area contributed by atoms with Gasteiger partial charge in [-0.2, -0.15) is 0 Å². The van der Waals surface area contributed by atoms with E-state index in [0.29, 0.717) is 0 Å². The molecule has 0 spiro atoms. The average molecular weight is 389 g/mol. The van der Waals surface area contributed by atoms with Crippen LogP contribution >= 0.6 is 0 Å². The van der Waals surface area contributed by atoms with Crippen LogP contribution in [0, 0.1) is 27.7 Å². The fourth-order valence-corrected chi connectivity index (χ4v) is 4.18. The molecule has 29 heavy (non-hydrogen) atoms. The molecule has 0 aliphatic heterocycles. The van der Waals surface area contributed by atoms with Crippen LogP contribution in [0.2, 0.25) is 0 Å². The van der Waals surface area contributed by atoms with Gasteiger partial charge in [-0.3, -0.25) is 0 Å². The van der Waals surface area contributed by atoms with Crippen molar-refractivity contribution < 1.29 is 14.3 Å². The fourth-order valence-electron chi connectivity index (χ4n) is 4.18. The molecular formula is C26H28O3. The Morgan fingerprint density at radius 3 is 1.59 bits per heavy atom. The van der Waals surface area contributed by atoms with Crippen molar-refractivity contribution in [2.75, 3.05) is 7.11 Å². The molecule has 3 aromatic carbocycles. The Hall–Kier alpha value is -2.91. The standard InChI is InChI=1S/C26H28O3/c1-18-11-9-12-19(2)23(18)26(28-5,24-20(3)13-10-14-21(24)4)25(27)29-17-22-15-7-6-8-16-22/h6-16H,17H2,1-5H3. The molecule has 0 fully saturated rings. The Bertz CT molecular complexity index is 914. The fraction of sp³-hybridized carbons (Fsp3) is 0.269. The summed E-state index contributed by atoms with van der Waals surface area (Å²) in [4.78, 5) is 13.7. The smallest absolute Gasteiger partial charge is 0.348 e. The van der Waals surface area contributed by atoms with E-state index in [2.05, 4.69) is 0 Å². The van der Waals surface area contributed by atoms with Gasteiger partial charge in [-0.25, -0.2) is 4.79 Å². The van der Waals surface area contributed by atoms with Crippen LogP contribution < -0.4 is 0 Å². The van der Waals surface area contributed by atoms with Crippen molar-refractivity contribution in [3.63, 3.8) is 0 Å². The number of rotatable bonds is 6. The molecule has 0 aliphatic carbocycles. The zero-order valence-electron chi connectivity index (χ0n) is 17.8. The SMILES string of the molecule is COC(C(=O)OCc1ccccc1)(c1c(C)cccc1C)c1c(C)cccc1C. The molecule has 0 atom stereocenters. The molecule has 0 radical (unpaired) electrons. The van der Waals surface area contributed by atoms with Gasteiger partial charge >= 0.3 is 5.97 Å². The van der Waals surface area contributed by atoms with Crippen LogP contribution in [0.3, 0.4) is 0 Å². The molecule has 150 valence electrons. The minimum atomic E-state index is -1.33. The summed E-state index contributed by atoms with van der Waals surface area (Å²) in [5.74, 6) is -0.404. The lowest BCUT2D eigenvalue weighted by Crippen LogP contribution is -2.43. The number of hydrogen-bond donors (Lipinski definition) is 0. The van der Waals surface area contributed by atoms with Gasteiger partial charge in [-0.15, -0.1) is 0 Å². The van der Waals surface area contributed by atoms with Gasteiger partial charge in [0.25, 0.3) is 0 Å². The number of ether oxygens (including phenoxy) is 2. The topological polar surface area (TPSA) is 35.5 Å². The molecular weight excluding hydrogens is 360 g/mol. The lowest BCUT2D eigenvalue weighted by Gasteiger charge is -2.35. The van der Waals surface area contributed by atoms with Gasteiger partial charge in [-0.1, -0.05) is 66.7 Å². The van der Waals surface area contributed by atoms with E-state index in [1.807, 2.05) is 94.4 Å². The highest BCUT2D eigenvalue weighted by molar-refractivity contribution is 5.88.